The molecule has 28 heavy (non-hydrogen) atoms. The number of aliphatic hydroxyl groups is 1. The van der Waals surface area contributed by atoms with Gasteiger partial charge in [0.05, 0.1) is 25.0 Å². The highest BCUT2D eigenvalue weighted by Crippen LogP contribution is 2.29. The minimum Gasteiger partial charge on any atom is -0.467 e. The quantitative estimate of drug-likeness (QED) is 0.271. The molecule has 0 spiro atoms. The third-order valence-electron chi connectivity index (χ3n) is 4.70. The molecule has 2 heterocycles. The van der Waals surface area contributed by atoms with Crippen LogP contribution < -0.4 is 21.5 Å². The number of amides is 1. The van der Waals surface area contributed by atoms with E-state index in [4.69, 9.17) is 10.6 Å². The molecule has 0 aromatic carbocycles. The van der Waals surface area contributed by atoms with E-state index in [1.807, 2.05) is 13.8 Å². The summed E-state index contributed by atoms with van der Waals surface area (Å²) in [5, 5.41) is 16.8. The molecule has 1 fully saturated rings. The number of hydrogen-bond donors (Lipinski definition) is 4. The highest BCUT2D eigenvalue weighted by atomic mass is 16.5. The van der Waals surface area contributed by atoms with Crippen LogP contribution in [0.15, 0.2) is 6.20 Å². The predicted molar refractivity (Wildman–Crippen MR) is 104 cm³/mol. The molecule has 1 aliphatic rings. The number of nitrogens with two attached hydrogens (primary N) is 1. The molecule has 1 saturated heterocycles. The maximum Gasteiger partial charge on any atom is 0.330 e. The Morgan fingerprint density at radius 1 is 1.46 bits per heavy atom. The molecule has 0 radical (unpaired) electrons. The van der Waals surface area contributed by atoms with Crippen molar-refractivity contribution in [2.45, 2.75) is 38.8 Å². The van der Waals surface area contributed by atoms with Gasteiger partial charge in [0, 0.05) is 37.6 Å². The number of methoxy groups -OCH3 is 1. The monoisotopic (exact) mass is 395 g/mol. The molecule has 1 unspecified atom stereocenters. The summed E-state index contributed by atoms with van der Waals surface area (Å²) in [7, 11) is 1.19. The van der Waals surface area contributed by atoms with Crippen LogP contribution in [0.1, 0.15) is 35.7 Å². The van der Waals surface area contributed by atoms with Gasteiger partial charge in [0.1, 0.15) is 5.82 Å². The number of pyridine rings is 1. The number of rotatable bonds is 8. The number of carbonyl (C=O) groups excluding carboxylic acids is 2. The SMILES string of the molecule is CCN(N)c1ncc(C(=O)NC(CO)C(=O)OC)c(NC2CCOCC2)c1C. The van der Waals surface area contributed by atoms with Gasteiger partial charge in [0.25, 0.3) is 5.91 Å². The Morgan fingerprint density at radius 3 is 2.71 bits per heavy atom. The van der Waals surface area contributed by atoms with Crippen LogP contribution in [-0.2, 0) is 14.3 Å². The van der Waals surface area contributed by atoms with Crippen LogP contribution in [0.3, 0.4) is 0 Å². The van der Waals surface area contributed by atoms with Gasteiger partial charge < -0.3 is 25.2 Å². The summed E-state index contributed by atoms with van der Waals surface area (Å²) in [6.45, 7) is 4.99. The fraction of sp³-hybridized carbons (Fsp3) is 0.611. The van der Waals surface area contributed by atoms with Gasteiger partial charge in [0.15, 0.2) is 6.04 Å². The average Bonchev–Trinajstić information content (AvgIpc) is 2.72. The number of ether oxygens (including phenoxy) is 2. The highest BCUT2D eigenvalue weighted by Gasteiger charge is 2.26. The molecule has 10 heteroatoms. The lowest BCUT2D eigenvalue weighted by Gasteiger charge is -2.28. The minimum atomic E-state index is -1.16. The molecule has 5 N–H and O–H groups in total. The summed E-state index contributed by atoms with van der Waals surface area (Å²) < 4.78 is 9.99. The summed E-state index contributed by atoms with van der Waals surface area (Å²) in [5.74, 6) is 5.30. The molecule has 0 aliphatic carbocycles. The Morgan fingerprint density at radius 2 is 2.14 bits per heavy atom. The Labute approximate surface area is 164 Å². The van der Waals surface area contributed by atoms with Gasteiger partial charge in [-0.3, -0.25) is 9.80 Å². The van der Waals surface area contributed by atoms with Crippen LogP contribution in [0.4, 0.5) is 11.5 Å². The molecule has 1 atom stereocenters. The number of hydrazine groups is 1. The van der Waals surface area contributed by atoms with E-state index in [1.54, 1.807) is 0 Å². The summed E-state index contributed by atoms with van der Waals surface area (Å²) in [4.78, 5) is 28.8. The zero-order valence-electron chi connectivity index (χ0n) is 16.5. The van der Waals surface area contributed by atoms with Crippen LogP contribution >= 0.6 is 0 Å². The van der Waals surface area contributed by atoms with Crippen LogP contribution in [0.5, 0.6) is 0 Å². The fourth-order valence-electron chi connectivity index (χ4n) is 3.00. The largest absolute Gasteiger partial charge is 0.467 e. The molecule has 1 aromatic rings. The fourth-order valence-corrected chi connectivity index (χ4v) is 3.00. The second-order valence-electron chi connectivity index (χ2n) is 6.54. The third-order valence-corrected chi connectivity index (χ3v) is 4.70. The molecule has 2 rings (SSSR count). The van der Waals surface area contributed by atoms with Gasteiger partial charge in [-0.25, -0.2) is 15.6 Å². The summed E-state index contributed by atoms with van der Waals surface area (Å²) in [6, 6.07) is -1.02. The number of nitrogens with zero attached hydrogens (tertiary/aromatic N) is 2. The lowest BCUT2D eigenvalue weighted by atomic mass is 10.0. The second-order valence-corrected chi connectivity index (χ2v) is 6.54. The topological polar surface area (TPSA) is 139 Å². The number of carbonyl (C=O) groups is 2. The molecule has 10 nitrogen and oxygen atoms in total. The first-order valence-corrected chi connectivity index (χ1v) is 9.28. The Kier molecular flexibility index (Phi) is 7.97. The van der Waals surface area contributed by atoms with Gasteiger partial charge in [-0.1, -0.05) is 0 Å². The lowest BCUT2D eigenvalue weighted by molar-refractivity contribution is -0.143. The van der Waals surface area contributed by atoms with Crippen LogP contribution in [0, 0.1) is 6.92 Å². The number of anilines is 2. The predicted octanol–water partition coefficient (Wildman–Crippen LogP) is -0.0554. The molecule has 0 bridgehead atoms. The lowest BCUT2D eigenvalue weighted by Crippen LogP contribution is -2.44. The van der Waals surface area contributed by atoms with E-state index >= 15 is 0 Å². The van der Waals surface area contributed by atoms with E-state index in [0.29, 0.717) is 31.3 Å². The second kappa shape index (κ2) is 10.2. The number of aliphatic hydroxyl groups excluding tert-OH is 1. The number of aromatic nitrogens is 1. The van der Waals surface area contributed by atoms with Gasteiger partial charge in [-0.2, -0.15) is 0 Å². The average molecular weight is 395 g/mol. The maximum absolute atomic E-state index is 12.8. The molecule has 1 aromatic heterocycles. The first kappa shape index (κ1) is 21.9. The number of hydrogen-bond acceptors (Lipinski definition) is 9. The Bertz CT molecular complexity index is 693. The van der Waals surface area contributed by atoms with Crippen molar-refractivity contribution in [3.05, 3.63) is 17.3 Å². The molecule has 156 valence electrons. The Balaban J connectivity index is 2.36. The van der Waals surface area contributed by atoms with Crippen molar-refractivity contribution in [3.63, 3.8) is 0 Å². The molecular formula is C18H29N5O5. The molecule has 0 saturated carbocycles. The van der Waals surface area contributed by atoms with Gasteiger partial charge in [-0.15, -0.1) is 0 Å². The summed E-state index contributed by atoms with van der Waals surface area (Å²) in [6.07, 6.45) is 3.03. The van der Waals surface area contributed by atoms with Crippen molar-refractivity contribution < 1.29 is 24.2 Å². The van der Waals surface area contributed by atoms with Crippen molar-refractivity contribution >= 4 is 23.4 Å². The van der Waals surface area contributed by atoms with E-state index < -0.39 is 24.5 Å². The smallest absolute Gasteiger partial charge is 0.330 e. The van der Waals surface area contributed by atoms with Crippen LogP contribution in [0.25, 0.3) is 0 Å². The third kappa shape index (κ3) is 5.09. The number of nitrogens with one attached hydrogen (secondary N) is 2. The Hall–Kier alpha value is -2.43. The van der Waals surface area contributed by atoms with E-state index in [9.17, 15) is 14.7 Å². The van der Waals surface area contributed by atoms with E-state index in [1.165, 1.54) is 18.3 Å². The van der Waals surface area contributed by atoms with Crippen molar-refractivity contribution in [1.82, 2.24) is 10.3 Å². The van der Waals surface area contributed by atoms with E-state index in [2.05, 4.69) is 20.4 Å². The zero-order valence-corrected chi connectivity index (χ0v) is 16.5. The van der Waals surface area contributed by atoms with Gasteiger partial charge in [-0.05, 0) is 26.7 Å². The van der Waals surface area contributed by atoms with Crippen LogP contribution in [-0.4, -0.2) is 67.5 Å². The first-order valence-electron chi connectivity index (χ1n) is 9.28. The molecule has 1 amide bonds. The van der Waals surface area contributed by atoms with Crippen molar-refractivity contribution in [1.29, 1.82) is 0 Å². The van der Waals surface area contributed by atoms with E-state index in [-0.39, 0.29) is 11.6 Å². The van der Waals surface area contributed by atoms with Gasteiger partial charge in [0.2, 0.25) is 0 Å². The number of esters is 1. The van der Waals surface area contributed by atoms with Crippen molar-refractivity contribution in [2.24, 2.45) is 5.84 Å². The summed E-state index contributed by atoms with van der Waals surface area (Å²) >= 11 is 0. The van der Waals surface area contributed by atoms with Crippen molar-refractivity contribution in [3.8, 4) is 0 Å². The van der Waals surface area contributed by atoms with E-state index in [0.717, 1.165) is 18.4 Å². The standard InChI is InChI=1S/C18H29N5O5/c1-4-23(19)16-11(2)15(21-12-5-7-28-8-6-12)13(9-20-16)17(25)22-14(10-24)18(26)27-3/h9,12,14,24H,4-8,10,19H2,1-3H3,(H,20,21)(H,22,25). The maximum atomic E-state index is 12.8. The highest BCUT2D eigenvalue weighted by molar-refractivity contribution is 6.02. The zero-order chi connectivity index (χ0) is 20.7. The summed E-state index contributed by atoms with van der Waals surface area (Å²) in [5.41, 5.74) is 1.58. The van der Waals surface area contributed by atoms with Crippen LogP contribution in [0.2, 0.25) is 0 Å². The normalized spacial score (nSPS) is 15.6. The molecule has 1 aliphatic heterocycles. The minimum absolute atomic E-state index is 0.136. The first-order chi connectivity index (χ1) is 13.4. The van der Waals surface area contributed by atoms with Crippen molar-refractivity contribution in [2.75, 3.05) is 43.8 Å². The van der Waals surface area contributed by atoms with Gasteiger partial charge >= 0.3 is 5.97 Å². The molecular weight excluding hydrogens is 366 g/mol.